The lowest BCUT2D eigenvalue weighted by atomic mass is 9.78. The van der Waals surface area contributed by atoms with Crippen molar-refractivity contribution in [1.29, 1.82) is 0 Å². The van der Waals surface area contributed by atoms with Gasteiger partial charge in [0.1, 0.15) is 0 Å². The highest BCUT2D eigenvalue weighted by molar-refractivity contribution is 5.95. The smallest absolute Gasteiger partial charge is 0.257 e. The summed E-state index contributed by atoms with van der Waals surface area (Å²) in [6.45, 7) is 5.83. The maximum atomic E-state index is 13.2. The molecule has 2 saturated heterocycles. The van der Waals surface area contributed by atoms with E-state index in [-0.39, 0.29) is 5.91 Å². The minimum absolute atomic E-state index is 0.219. The molecule has 0 bridgehead atoms. The molecule has 1 N–H and O–H groups in total. The first-order valence-electron chi connectivity index (χ1n) is 12.3. The van der Waals surface area contributed by atoms with E-state index >= 15 is 0 Å². The van der Waals surface area contributed by atoms with Crippen molar-refractivity contribution < 1.29 is 4.79 Å². The molecule has 2 saturated carbocycles. The number of H-pyrrole nitrogens is 1. The Balaban J connectivity index is 1.12. The summed E-state index contributed by atoms with van der Waals surface area (Å²) in [7, 11) is 0. The van der Waals surface area contributed by atoms with Gasteiger partial charge in [0.05, 0.1) is 17.5 Å². The molecule has 1 aromatic heterocycles. The largest absolute Gasteiger partial charge is 0.339 e. The normalized spacial score (nSPS) is 26.1. The van der Waals surface area contributed by atoms with Crippen molar-refractivity contribution in [2.45, 2.75) is 76.5 Å². The average molecular weight is 399 g/mol. The Kier molecular flexibility index (Phi) is 5.94. The number of hydrogen-bond acceptors (Lipinski definition) is 3. The molecule has 2 aliphatic heterocycles. The van der Waals surface area contributed by atoms with Gasteiger partial charge >= 0.3 is 0 Å². The molecule has 0 aromatic carbocycles. The first kappa shape index (κ1) is 19.6. The molecule has 2 aliphatic carbocycles. The lowest BCUT2D eigenvalue weighted by molar-refractivity contribution is 0.0599. The van der Waals surface area contributed by atoms with Gasteiger partial charge in [-0.3, -0.25) is 9.89 Å². The maximum absolute atomic E-state index is 13.2. The van der Waals surface area contributed by atoms with Crippen molar-refractivity contribution in [3.8, 4) is 0 Å². The van der Waals surface area contributed by atoms with E-state index in [2.05, 4.69) is 20.0 Å². The number of amides is 1. The third-order valence-electron chi connectivity index (χ3n) is 8.25. The van der Waals surface area contributed by atoms with Crippen LogP contribution in [0.1, 0.15) is 92.6 Å². The highest BCUT2D eigenvalue weighted by Crippen LogP contribution is 2.36. The molecule has 1 amide bonds. The van der Waals surface area contributed by atoms with Crippen LogP contribution in [0, 0.1) is 17.8 Å². The molecule has 5 nitrogen and oxygen atoms in total. The number of nitrogens with one attached hydrogen (secondary N) is 1. The van der Waals surface area contributed by atoms with Gasteiger partial charge in [-0.25, -0.2) is 0 Å². The van der Waals surface area contributed by atoms with Crippen LogP contribution in [0.25, 0.3) is 0 Å². The van der Waals surface area contributed by atoms with E-state index in [4.69, 9.17) is 0 Å². The van der Waals surface area contributed by atoms with Crippen LogP contribution in [0.5, 0.6) is 0 Å². The maximum Gasteiger partial charge on any atom is 0.257 e. The summed E-state index contributed by atoms with van der Waals surface area (Å²) in [5, 5.41) is 7.43. The van der Waals surface area contributed by atoms with E-state index in [1.807, 2.05) is 0 Å². The predicted octanol–water partition coefficient (Wildman–Crippen LogP) is 4.43. The van der Waals surface area contributed by atoms with Gasteiger partial charge in [-0.05, 0) is 82.2 Å². The van der Waals surface area contributed by atoms with Crippen molar-refractivity contribution in [3.05, 3.63) is 17.5 Å². The zero-order chi connectivity index (χ0) is 19.6. The molecular weight excluding hydrogens is 360 g/mol. The van der Waals surface area contributed by atoms with E-state index in [1.165, 1.54) is 90.3 Å². The van der Waals surface area contributed by atoms with Gasteiger partial charge in [-0.2, -0.15) is 5.10 Å². The molecule has 4 fully saturated rings. The van der Waals surface area contributed by atoms with E-state index in [0.717, 1.165) is 42.1 Å². The summed E-state index contributed by atoms with van der Waals surface area (Å²) in [6.07, 6.45) is 16.1. The van der Waals surface area contributed by atoms with Crippen LogP contribution in [0.4, 0.5) is 0 Å². The van der Waals surface area contributed by atoms with Gasteiger partial charge in [-0.15, -0.1) is 0 Å². The Morgan fingerprint density at radius 1 is 0.897 bits per heavy atom. The fraction of sp³-hybridized carbons (Fsp3) is 0.833. The molecule has 5 heteroatoms. The molecule has 0 spiro atoms. The standard InChI is InChI=1S/C24H38N4O/c29-24(22-16-25-26-23(22)21-4-2-1-3-5-21)28-14-10-20(11-15-28)19-8-12-27(13-9-19)17-18-6-7-18/h16,18-21H,1-15,17H2,(H,25,26). The minimum Gasteiger partial charge on any atom is -0.339 e. The molecule has 3 heterocycles. The second-order valence-corrected chi connectivity index (χ2v) is 10.2. The molecule has 0 unspecified atom stereocenters. The Morgan fingerprint density at radius 3 is 2.21 bits per heavy atom. The second-order valence-electron chi connectivity index (χ2n) is 10.2. The minimum atomic E-state index is 0.219. The second kappa shape index (κ2) is 8.79. The van der Waals surface area contributed by atoms with Crippen LogP contribution in [0.15, 0.2) is 6.20 Å². The number of aromatic amines is 1. The van der Waals surface area contributed by atoms with Gasteiger partial charge in [0.25, 0.3) is 5.91 Å². The molecule has 160 valence electrons. The van der Waals surface area contributed by atoms with Gasteiger partial charge in [0.15, 0.2) is 0 Å². The third-order valence-corrected chi connectivity index (χ3v) is 8.25. The van der Waals surface area contributed by atoms with Crippen molar-refractivity contribution in [2.75, 3.05) is 32.7 Å². The Morgan fingerprint density at radius 2 is 1.55 bits per heavy atom. The average Bonchev–Trinajstić information content (AvgIpc) is 3.46. The zero-order valence-electron chi connectivity index (χ0n) is 18.0. The topological polar surface area (TPSA) is 52.2 Å². The highest BCUT2D eigenvalue weighted by atomic mass is 16.2. The fourth-order valence-corrected chi connectivity index (χ4v) is 6.19. The quantitative estimate of drug-likeness (QED) is 0.798. The van der Waals surface area contributed by atoms with Crippen LogP contribution in [-0.2, 0) is 0 Å². The zero-order valence-corrected chi connectivity index (χ0v) is 18.0. The Labute approximate surface area is 175 Å². The van der Waals surface area contributed by atoms with Gasteiger partial charge in [0.2, 0.25) is 0 Å². The fourth-order valence-electron chi connectivity index (χ4n) is 6.19. The highest BCUT2D eigenvalue weighted by Gasteiger charge is 2.34. The van der Waals surface area contributed by atoms with Crippen LogP contribution < -0.4 is 0 Å². The van der Waals surface area contributed by atoms with Crippen LogP contribution in [0.3, 0.4) is 0 Å². The summed E-state index contributed by atoms with van der Waals surface area (Å²) in [5.41, 5.74) is 1.96. The van der Waals surface area contributed by atoms with Crippen molar-refractivity contribution in [1.82, 2.24) is 20.0 Å². The molecule has 1 aromatic rings. The number of rotatable bonds is 5. The first-order valence-corrected chi connectivity index (χ1v) is 12.3. The SMILES string of the molecule is O=C(c1cn[nH]c1C1CCCCC1)N1CCC(C2CCN(CC3CC3)CC2)CC1. The molecule has 29 heavy (non-hydrogen) atoms. The summed E-state index contributed by atoms with van der Waals surface area (Å²) in [5.74, 6) is 3.45. The molecular formula is C24H38N4O. The number of piperidine rings is 2. The van der Waals surface area contributed by atoms with Gasteiger partial charge in [0, 0.05) is 25.6 Å². The summed E-state index contributed by atoms with van der Waals surface area (Å²) in [6, 6.07) is 0. The van der Waals surface area contributed by atoms with E-state index in [9.17, 15) is 4.79 Å². The number of carbonyl (C=O) groups excluding carboxylic acids is 1. The third kappa shape index (κ3) is 4.55. The van der Waals surface area contributed by atoms with Crippen LogP contribution in [0.2, 0.25) is 0 Å². The number of nitrogens with zero attached hydrogens (tertiary/aromatic N) is 3. The molecule has 0 atom stereocenters. The van der Waals surface area contributed by atoms with E-state index < -0.39 is 0 Å². The lowest BCUT2D eigenvalue weighted by Crippen LogP contribution is -2.43. The summed E-state index contributed by atoms with van der Waals surface area (Å²) < 4.78 is 0. The summed E-state index contributed by atoms with van der Waals surface area (Å²) in [4.78, 5) is 18.0. The number of aromatic nitrogens is 2. The van der Waals surface area contributed by atoms with Crippen LogP contribution in [-0.4, -0.2) is 58.6 Å². The Bertz CT molecular complexity index is 675. The van der Waals surface area contributed by atoms with Crippen molar-refractivity contribution >= 4 is 5.91 Å². The molecule has 5 rings (SSSR count). The number of likely N-dealkylation sites (tertiary alicyclic amines) is 2. The molecule has 0 radical (unpaired) electrons. The first-order chi connectivity index (χ1) is 14.3. The van der Waals surface area contributed by atoms with E-state index in [1.54, 1.807) is 6.20 Å². The monoisotopic (exact) mass is 398 g/mol. The molecule has 4 aliphatic rings. The van der Waals surface area contributed by atoms with E-state index in [0.29, 0.717) is 5.92 Å². The Hall–Kier alpha value is -1.36. The number of hydrogen-bond donors (Lipinski definition) is 1. The van der Waals surface area contributed by atoms with Gasteiger partial charge in [-0.1, -0.05) is 19.3 Å². The predicted molar refractivity (Wildman–Crippen MR) is 115 cm³/mol. The van der Waals surface area contributed by atoms with Crippen molar-refractivity contribution in [2.24, 2.45) is 17.8 Å². The van der Waals surface area contributed by atoms with Crippen LogP contribution >= 0.6 is 0 Å². The van der Waals surface area contributed by atoms with Gasteiger partial charge < -0.3 is 9.80 Å². The summed E-state index contributed by atoms with van der Waals surface area (Å²) >= 11 is 0. The number of carbonyl (C=O) groups is 1. The lowest BCUT2D eigenvalue weighted by Gasteiger charge is -2.40. The van der Waals surface area contributed by atoms with Crippen molar-refractivity contribution in [3.63, 3.8) is 0 Å².